The van der Waals surface area contributed by atoms with Gasteiger partial charge in [0.2, 0.25) is 0 Å². The first-order chi connectivity index (χ1) is 29.0. The third-order valence-corrected chi connectivity index (χ3v) is 14.6. The third-order valence-electron chi connectivity index (χ3n) is 14.6. The standard InChI is InChI=1S/C57H47BN2/c1-55(2)42-24-13-11-21-39(42)50-45(55)33-40(52-54(50)60-49-29-15-14-25-43(49)56(3,4)44-26-17-27-46(58-52)53(44)60)37-31-30-35(34-18-8-7-9-19-34)32-48(37)59-47-28-16-22-38-36-20-10-12-23-41(36)57(5,6)51(38)47/h7-33,58-59H,1-6H3. The van der Waals surface area contributed by atoms with Crippen molar-refractivity contribution >= 4 is 46.6 Å². The Bertz CT molecular complexity index is 3130. The number of nitrogens with zero attached hydrogens (tertiary/aromatic N) is 1. The van der Waals surface area contributed by atoms with E-state index in [4.69, 9.17) is 0 Å². The molecule has 0 radical (unpaired) electrons. The molecule has 2 aliphatic carbocycles. The van der Waals surface area contributed by atoms with E-state index in [1.807, 2.05) is 0 Å². The van der Waals surface area contributed by atoms with Gasteiger partial charge in [0, 0.05) is 50.1 Å². The maximum Gasteiger partial charge on any atom is 0.198 e. The molecule has 8 aromatic carbocycles. The molecule has 0 fully saturated rings. The van der Waals surface area contributed by atoms with Crippen LogP contribution in [0.3, 0.4) is 0 Å². The van der Waals surface area contributed by atoms with Gasteiger partial charge in [-0.15, -0.1) is 0 Å². The summed E-state index contributed by atoms with van der Waals surface area (Å²) in [6.07, 6.45) is 0. The zero-order chi connectivity index (χ0) is 40.7. The monoisotopic (exact) mass is 770 g/mol. The van der Waals surface area contributed by atoms with Gasteiger partial charge in [-0.2, -0.15) is 0 Å². The van der Waals surface area contributed by atoms with Crippen molar-refractivity contribution in [1.82, 2.24) is 0 Å². The number of anilines is 5. The van der Waals surface area contributed by atoms with Gasteiger partial charge >= 0.3 is 0 Å². The van der Waals surface area contributed by atoms with Gasteiger partial charge in [0.1, 0.15) is 0 Å². The fourth-order valence-corrected chi connectivity index (χ4v) is 11.7. The molecular formula is C57H47BN2. The largest absolute Gasteiger partial charge is 0.355 e. The highest BCUT2D eigenvalue weighted by atomic mass is 15.2. The average molecular weight is 771 g/mol. The minimum absolute atomic E-state index is 0.137. The Kier molecular flexibility index (Phi) is 7.22. The summed E-state index contributed by atoms with van der Waals surface area (Å²) in [5.74, 6) is 0. The molecule has 60 heavy (non-hydrogen) atoms. The van der Waals surface area contributed by atoms with Crippen molar-refractivity contribution in [2.45, 2.75) is 57.8 Å². The Morgan fingerprint density at radius 1 is 0.417 bits per heavy atom. The summed E-state index contributed by atoms with van der Waals surface area (Å²) in [4.78, 5) is 2.67. The van der Waals surface area contributed by atoms with Crippen LogP contribution >= 0.6 is 0 Å². The zero-order valence-corrected chi connectivity index (χ0v) is 35.2. The number of hydrogen-bond donors (Lipinski definition) is 1. The number of para-hydroxylation sites is 2. The van der Waals surface area contributed by atoms with Crippen molar-refractivity contribution in [3.63, 3.8) is 0 Å². The van der Waals surface area contributed by atoms with Gasteiger partial charge in [0.05, 0.1) is 5.69 Å². The molecule has 2 heterocycles. The summed E-state index contributed by atoms with van der Waals surface area (Å²) in [7, 11) is 0.849. The molecular weight excluding hydrogens is 723 g/mol. The van der Waals surface area contributed by atoms with E-state index in [9.17, 15) is 0 Å². The molecule has 4 aliphatic rings. The SMILES string of the molecule is CC1(C)c2ccccc2-c2c1cc(-c1ccc(-c3ccccc3)cc1Nc1cccc3c1C(C)(C)c1ccccc1-3)c1c2N2c3ccccc3C(C)(C)c3cccc(c32)B1. The number of hydrogen-bond acceptors (Lipinski definition) is 2. The van der Waals surface area contributed by atoms with Crippen LogP contribution in [0.15, 0.2) is 164 Å². The molecule has 1 N–H and O–H groups in total. The minimum Gasteiger partial charge on any atom is -0.355 e. The molecule has 3 heteroatoms. The molecule has 12 rings (SSSR count). The van der Waals surface area contributed by atoms with Crippen LogP contribution in [0.5, 0.6) is 0 Å². The number of rotatable bonds is 4. The summed E-state index contributed by atoms with van der Waals surface area (Å²) in [6, 6.07) is 61.6. The summed E-state index contributed by atoms with van der Waals surface area (Å²) in [6.45, 7) is 14.4. The quantitative estimate of drug-likeness (QED) is 0.179. The van der Waals surface area contributed by atoms with Crippen LogP contribution in [-0.2, 0) is 16.2 Å². The molecule has 288 valence electrons. The average Bonchev–Trinajstić information content (AvgIpc) is 3.65. The van der Waals surface area contributed by atoms with Crippen LogP contribution in [0.4, 0.5) is 28.4 Å². The first-order valence-electron chi connectivity index (χ1n) is 21.6. The van der Waals surface area contributed by atoms with E-state index >= 15 is 0 Å². The summed E-state index contributed by atoms with van der Waals surface area (Å²) in [5.41, 5.74) is 27.1. The topological polar surface area (TPSA) is 15.3 Å². The Hall–Kier alpha value is -6.58. The predicted octanol–water partition coefficient (Wildman–Crippen LogP) is 13.2. The summed E-state index contributed by atoms with van der Waals surface area (Å²) < 4.78 is 0. The van der Waals surface area contributed by atoms with Gasteiger partial charge in [-0.05, 0) is 96.5 Å². The van der Waals surface area contributed by atoms with Crippen molar-refractivity contribution in [1.29, 1.82) is 0 Å². The van der Waals surface area contributed by atoms with E-state index in [0.717, 1.165) is 18.7 Å². The van der Waals surface area contributed by atoms with E-state index in [0.29, 0.717) is 0 Å². The normalized spacial score (nSPS) is 16.0. The van der Waals surface area contributed by atoms with Crippen LogP contribution in [0.2, 0.25) is 0 Å². The van der Waals surface area contributed by atoms with E-state index in [1.54, 1.807) is 0 Å². The third kappa shape index (κ3) is 4.66. The van der Waals surface area contributed by atoms with Crippen LogP contribution in [0.1, 0.15) is 74.9 Å². The molecule has 2 aliphatic heterocycles. The van der Waals surface area contributed by atoms with Gasteiger partial charge in [0.25, 0.3) is 0 Å². The van der Waals surface area contributed by atoms with Crippen LogP contribution in [-0.4, -0.2) is 7.28 Å². The molecule has 0 aromatic heterocycles. The van der Waals surface area contributed by atoms with Gasteiger partial charge < -0.3 is 10.2 Å². The van der Waals surface area contributed by atoms with Gasteiger partial charge in [-0.1, -0.05) is 187 Å². The molecule has 0 saturated carbocycles. The van der Waals surface area contributed by atoms with Crippen molar-refractivity contribution in [2.24, 2.45) is 0 Å². The second-order valence-electron chi connectivity index (χ2n) is 19.0. The molecule has 0 bridgehead atoms. The second-order valence-corrected chi connectivity index (χ2v) is 19.0. The fourth-order valence-electron chi connectivity index (χ4n) is 11.7. The highest BCUT2D eigenvalue weighted by Gasteiger charge is 2.46. The van der Waals surface area contributed by atoms with Crippen molar-refractivity contribution in [3.8, 4) is 44.5 Å². The maximum atomic E-state index is 4.16. The maximum absolute atomic E-state index is 4.16. The Morgan fingerprint density at radius 2 is 1.05 bits per heavy atom. The molecule has 0 spiro atoms. The zero-order valence-electron chi connectivity index (χ0n) is 35.2. The molecule has 0 atom stereocenters. The molecule has 2 nitrogen and oxygen atoms in total. The van der Waals surface area contributed by atoms with E-state index in [-0.39, 0.29) is 16.2 Å². The van der Waals surface area contributed by atoms with E-state index in [1.165, 1.54) is 106 Å². The lowest BCUT2D eigenvalue weighted by atomic mass is 9.55. The lowest BCUT2D eigenvalue weighted by Crippen LogP contribution is -2.46. The first kappa shape index (κ1) is 35.4. The van der Waals surface area contributed by atoms with Gasteiger partial charge in [-0.25, -0.2) is 0 Å². The highest BCUT2D eigenvalue weighted by Crippen LogP contribution is 2.59. The molecule has 0 saturated heterocycles. The van der Waals surface area contributed by atoms with Crippen molar-refractivity contribution in [3.05, 3.63) is 197 Å². The fraction of sp³-hybridized carbons (Fsp3) is 0.158. The smallest absolute Gasteiger partial charge is 0.198 e. The Labute approximate surface area is 354 Å². The van der Waals surface area contributed by atoms with Crippen molar-refractivity contribution < 1.29 is 0 Å². The number of fused-ring (bicyclic) bond motifs is 11. The van der Waals surface area contributed by atoms with Crippen LogP contribution in [0, 0.1) is 0 Å². The Morgan fingerprint density at radius 3 is 1.85 bits per heavy atom. The van der Waals surface area contributed by atoms with E-state index < -0.39 is 0 Å². The molecule has 8 aromatic rings. The lowest BCUT2D eigenvalue weighted by molar-refractivity contribution is 0.632. The van der Waals surface area contributed by atoms with Crippen LogP contribution in [0.25, 0.3) is 44.5 Å². The van der Waals surface area contributed by atoms with Crippen LogP contribution < -0.4 is 21.1 Å². The number of benzene rings is 8. The molecule has 0 unspecified atom stereocenters. The predicted molar refractivity (Wildman–Crippen MR) is 255 cm³/mol. The first-order valence-corrected chi connectivity index (χ1v) is 21.6. The summed E-state index contributed by atoms with van der Waals surface area (Å²) in [5, 5.41) is 4.16. The summed E-state index contributed by atoms with van der Waals surface area (Å²) >= 11 is 0. The molecule has 0 amide bonds. The van der Waals surface area contributed by atoms with Gasteiger partial charge in [0.15, 0.2) is 7.28 Å². The van der Waals surface area contributed by atoms with Crippen molar-refractivity contribution in [2.75, 3.05) is 10.2 Å². The van der Waals surface area contributed by atoms with Gasteiger partial charge in [-0.3, -0.25) is 0 Å². The second kappa shape index (κ2) is 12.2. The van der Waals surface area contributed by atoms with E-state index in [2.05, 4.69) is 216 Å². The minimum atomic E-state index is -0.197. The number of nitrogens with one attached hydrogen (secondary N) is 1. The highest BCUT2D eigenvalue weighted by molar-refractivity contribution is 6.73. The Balaban J connectivity index is 1.16. The lowest BCUT2D eigenvalue weighted by Gasteiger charge is -2.46.